The third-order valence-corrected chi connectivity index (χ3v) is 5.41. The van der Waals surface area contributed by atoms with Crippen LogP contribution in [0.15, 0.2) is 24.3 Å². The summed E-state index contributed by atoms with van der Waals surface area (Å²) in [4.78, 5) is 2.76. The number of benzene rings is 1. The van der Waals surface area contributed by atoms with E-state index in [0.717, 1.165) is 12.0 Å². The first kappa shape index (κ1) is 14.1. The second-order valence-electron chi connectivity index (χ2n) is 6.99. The van der Waals surface area contributed by atoms with Crippen molar-refractivity contribution in [2.75, 3.05) is 13.6 Å². The number of hydrogen-bond donors (Lipinski definition) is 1. The van der Waals surface area contributed by atoms with Crippen molar-refractivity contribution < 1.29 is 0 Å². The number of fused-ring (bicyclic) bond motifs is 1. The average molecular weight is 272 g/mol. The third kappa shape index (κ3) is 2.29. The molecule has 1 saturated heterocycles. The van der Waals surface area contributed by atoms with Gasteiger partial charge < -0.3 is 5.32 Å². The lowest BCUT2D eigenvalue weighted by Gasteiger charge is -2.43. The van der Waals surface area contributed by atoms with E-state index >= 15 is 0 Å². The van der Waals surface area contributed by atoms with Crippen molar-refractivity contribution in [1.82, 2.24) is 10.2 Å². The number of rotatable bonds is 2. The van der Waals surface area contributed by atoms with Gasteiger partial charge in [0.15, 0.2) is 0 Å². The van der Waals surface area contributed by atoms with Gasteiger partial charge in [0.05, 0.1) is 0 Å². The van der Waals surface area contributed by atoms with Crippen LogP contribution in [0.2, 0.25) is 0 Å². The quantitative estimate of drug-likeness (QED) is 0.885. The van der Waals surface area contributed by atoms with Crippen molar-refractivity contribution in [2.24, 2.45) is 5.92 Å². The highest BCUT2D eigenvalue weighted by Crippen LogP contribution is 2.42. The van der Waals surface area contributed by atoms with E-state index in [4.69, 9.17) is 0 Å². The fourth-order valence-corrected chi connectivity index (χ4v) is 4.54. The van der Waals surface area contributed by atoms with Crippen molar-refractivity contribution in [3.8, 4) is 0 Å². The Bertz CT molecular complexity index is 470. The molecule has 0 bridgehead atoms. The topological polar surface area (TPSA) is 15.3 Å². The molecule has 0 radical (unpaired) electrons. The van der Waals surface area contributed by atoms with Crippen molar-refractivity contribution in [1.29, 1.82) is 0 Å². The SMILES string of the molecule is CNC1c2ccccc2C(C)CC1N1CC(C)CC1C. The van der Waals surface area contributed by atoms with E-state index in [1.54, 1.807) is 5.56 Å². The molecular weight excluding hydrogens is 244 g/mol. The van der Waals surface area contributed by atoms with Gasteiger partial charge in [0.25, 0.3) is 0 Å². The molecule has 2 heteroatoms. The Kier molecular flexibility index (Phi) is 3.87. The second-order valence-corrected chi connectivity index (χ2v) is 6.99. The van der Waals surface area contributed by atoms with Crippen LogP contribution in [0.3, 0.4) is 0 Å². The molecule has 5 unspecified atom stereocenters. The van der Waals surface area contributed by atoms with E-state index in [-0.39, 0.29) is 0 Å². The Balaban J connectivity index is 1.93. The summed E-state index contributed by atoms with van der Waals surface area (Å²) in [6.45, 7) is 8.45. The van der Waals surface area contributed by atoms with Crippen LogP contribution in [0.4, 0.5) is 0 Å². The first-order valence-corrected chi connectivity index (χ1v) is 8.13. The molecule has 1 fully saturated rings. The van der Waals surface area contributed by atoms with Crippen LogP contribution in [0, 0.1) is 5.92 Å². The molecule has 1 aliphatic heterocycles. The van der Waals surface area contributed by atoms with Crippen LogP contribution < -0.4 is 5.32 Å². The van der Waals surface area contributed by atoms with Gasteiger partial charge in [0.1, 0.15) is 0 Å². The summed E-state index contributed by atoms with van der Waals surface area (Å²) in [6.07, 6.45) is 2.63. The summed E-state index contributed by atoms with van der Waals surface area (Å²) < 4.78 is 0. The van der Waals surface area contributed by atoms with E-state index in [0.29, 0.717) is 18.0 Å². The molecule has 1 heterocycles. The zero-order valence-electron chi connectivity index (χ0n) is 13.3. The van der Waals surface area contributed by atoms with Crippen LogP contribution >= 0.6 is 0 Å². The average Bonchev–Trinajstić information content (AvgIpc) is 2.77. The van der Waals surface area contributed by atoms with Gasteiger partial charge in [-0.15, -0.1) is 0 Å². The molecule has 1 aromatic carbocycles. The maximum Gasteiger partial charge on any atom is 0.0478 e. The predicted octanol–water partition coefficient (Wildman–Crippen LogP) is 3.55. The monoisotopic (exact) mass is 272 g/mol. The second kappa shape index (κ2) is 5.50. The number of likely N-dealkylation sites (tertiary alicyclic amines) is 1. The highest BCUT2D eigenvalue weighted by Gasteiger charge is 2.40. The summed E-state index contributed by atoms with van der Waals surface area (Å²) in [6, 6.07) is 10.9. The molecule has 0 aromatic heterocycles. The molecule has 1 N–H and O–H groups in total. The molecular formula is C18H28N2. The van der Waals surface area contributed by atoms with Crippen LogP contribution in [-0.4, -0.2) is 30.6 Å². The van der Waals surface area contributed by atoms with Gasteiger partial charge in [-0.2, -0.15) is 0 Å². The Labute approximate surface area is 123 Å². The maximum absolute atomic E-state index is 3.60. The smallest absolute Gasteiger partial charge is 0.0478 e. The van der Waals surface area contributed by atoms with Crippen molar-refractivity contribution in [3.05, 3.63) is 35.4 Å². The van der Waals surface area contributed by atoms with Gasteiger partial charge in [-0.3, -0.25) is 4.90 Å². The Morgan fingerprint density at radius 1 is 1.05 bits per heavy atom. The lowest BCUT2D eigenvalue weighted by atomic mass is 9.77. The molecule has 1 aromatic rings. The molecule has 0 spiro atoms. The van der Waals surface area contributed by atoms with Gasteiger partial charge in [-0.25, -0.2) is 0 Å². The molecule has 1 aliphatic carbocycles. The Morgan fingerprint density at radius 2 is 1.75 bits per heavy atom. The molecule has 2 aliphatic rings. The van der Waals surface area contributed by atoms with Gasteiger partial charge in [-0.1, -0.05) is 38.1 Å². The molecule has 110 valence electrons. The van der Waals surface area contributed by atoms with Gasteiger partial charge in [-0.05, 0) is 49.8 Å². The maximum atomic E-state index is 3.60. The van der Waals surface area contributed by atoms with E-state index in [9.17, 15) is 0 Å². The normalized spacial score (nSPS) is 37.9. The zero-order valence-corrected chi connectivity index (χ0v) is 13.3. The Hall–Kier alpha value is -0.860. The number of likely N-dealkylation sites (N-methyl/N-ethyl adjacent to an activating group) is 1. The first-order valence-electron chi connectivity index (χ1n) is 8.13. The van der Waals surface area contributed by atoms with Crippen molar-refractivity contribution in [3.63, 3.8) is 0 Å². The minimum absolute atomic E-state index is 0.482. The summed E-state index contributed by atoms with van der Waals surface area (Å²) in [7, 11) is 2.12. The highest BCUT2D eigenvalue weighted by atomic mass is 15.2. The minimum Gasteiger partial charge on any atom is -0.312 e. The third-order valence-electron chi connectivity index (χ3n) is 5.41. The summed E-state index contributed by atoms with van der Waals surface area (Å²) in [5.41, 5.74) is 3.06. The van der Waals surface area contributed by atoms with Crippen LogP contribution in [0.5, 0.6) is 0 Å². The minimum atomic E-state index is 0.482. The van der Waals surface area contributed by atoms with Crippen LogP contribution in [-0.2, 0) is 0 Å². The zero-order chi connectivity index (χ0) is 14.3. The highest BCUT2D eigenvalue weighted by molar-refractivity contribution is 5.36. The summed E-state index contributed by atoms with van der Waals surface area (Å²) in [5, 5.41) is 3.60. The fourth-order valence-electron chi connectivity index (χ4n) is 4.54. The molecule has 2 nitrogen and oxygen atoms in total. The molecule has 0 amide bonds. The summed E-state index contributed by atoms with van der Waals surface area (Å²) in [5.74, 6) is 1.51. The van der Waals surface area contributed by atoms with Crippen molar-refractivity contribution >= 4 is 0 Å². The van der Waals surface area contributed by atoms with E-state index in [1.165, 1.54) is 24.9 Å². The van der Waals surface area contributed by atoms with Crippen LogP contribution in [0.25, 0.3) is 0 Å². The molecule has 20 heavy (non-hydrogen) atoms. The standard InChI is InChI=1S/C18H28N2/c1-12-9-14(3)20(11-12)17-10-13(2)15-7-5-6-8-16(15)18(17)19-4/h5-8,12-14,17-19H,9-11H2,1-4H3. The van der Waals surface area contributed by atoms with Crippen LogP contribution in [0.1, 0.15) is 56.7 Å². The number of nitrogens with zero attached hydrogens (tertiary/aromatic N) is 1. The van der Waals surface area contributed by atoms with Gasteiger partial charge in [0, 0.05) is 24.7 Å². The van der Waals surface area contributed by atoms with Gasteiger partial charge in [0.2, 0.25) is 0 Å². The lowest BCUT2D eigenvalue weighted by Crippen LogP contribution is -2.48. The Morgan fingerprint density at radius 3 is 2.35 bits per heavy atom. The van der Waals surface area contributed by atoms with E-state index in [2.05, 4.69) is 62.3 Å². The lowest BCUT2D eigenvalue weighted by molar-refractivity contribution is 0.128. The van der Waals surface area contributed by atoms with E-state index in [1.807, 2.05) is 0 Å². The number of hydrogen-bond acceptors (Lipinski definition) is 2. The fraction of sp³-hybridized carbons (Fsp3) is 0.667. The van der Waals surface area contributed by atoms with Gasteiger partial charge >= 0.3 is 0 Å². The predicted molar refractivity (Wildman–Crippen MR) is 85.0 cm³/mol. The molecule has 5 atom stereocenters. The largest absolute Gasteiger partial charge is 0.312 e. The van der Waals surface area contributed by atoms with E-state index < -0.39 is 0 Å². The summed E-state index contributed by atoms with van der Waals surface area (Å²) >= 11 is 0. The van der Waals surface area contributed by atoms with Crippen molar-refractivity contribution in [2.45, 2.75) is 57.7 Å². The number of nitrogens with one attached hydrogen (secondary N) is 1. The first-order chi connectivity index (χ1) is 9.61. The molecule has 0 saturated carbocycles. The molecule has 3 rings (SSSR count).